The van der Waals surface area contributed by atoms with Crippen molar-refractivity contribution in [2.45, 2.75) is 89.9 Å². The molecule has 4 saturated carbocycles. The molecule has 1 saturated heterocycles. The largest absolute Gasteiger partial charge is 0.462 e. The van der Waals surface area contributed by atoms with Gasteiger partial charge in [0.25, 0.3) is 0 Å². The van der Waals surface area contributed by atoms with E-state index < -0.39 is 17.1 Å². The Morgan fingerprint density at radius 1 is 1.12 bits per heavy atom. The van der Waals surface area contributed by atoms with E-state index in [1.807, 2.05) is 0 Å². The first-order valence-electron chi connectivity index (χ1n) is 16.2. The first-order valence-corrected chi connectivity index (χ1v) is 16.2. The molecular weight excluding hydrogens is 538 g/mol. The van der Waals surface area contributed by atoms with Crippen molar-refractivity contribution in [2.75, 3.05) is 45.9 Å². The molecule has 3 N–H and O–H groups in total. The molecular formula is C32H49N3O7. The Morgan fingerprint density at radius 2 is 1.90 bits per heavy atom. The number of nitrogens with zero attached hydrogens (tertiary/aromatic N) is 1. The van der Waals surface area contributed by atoms with Gasteiger partial charge in [-0.3, -0.25) is 9.69 Å². The van der Waals surface area contributed by atoms with Crippen LogP contribution in [0.4, 0.5) is 4.79 Å². The molecule has 2 heterocycles. The standard InChI is InChI=1S/C32H49N3O7/c1-20(36)41-26-18-32(39)25-5-4-22-17-23(42-29(38)34-12-15-35-13-10-33-11-14-35)6-8-30(22,2)24(25)7-9-31(32,3)28(26)21-16-27(37)40-19-21/h16,22-26,28,33,39H,4-15,17-19H2,1-3H3,(H,34,38). The molecule has 5 fully saturated rings. The molecule has 0 bridgehead atoms. The van der Waals surface area contributed by atoms with E-state index in [1.54, 1.807) is 6.08 Å². The predicted octanol–water partition coefficient (Wildman–Crippen LogP) is 2.79. The Bertz CT molecular complexity index is 1110. The fourth-order valence-corrected chi connectivity index (χ4v) is 10.3. The molecule has 2 aliphatic heterocycles. The van der Waals surface area contributed by atoms with Crippen LogP contribution in [0.5, 0.6) is 0 Å². The fourth-order valence-electron chi connectivity index (χ4n) is 10.3. The fraction of sp³-hybridized carbons (Fsp3) is 0.844. The number of carbonyl (C=O) groups excluding carboxylic acids is 3. The van der Waals surface area contributed by atoms with Crippen molar-refractivity contribution in [3.63, 3.8) is 0 Å². The number of alkyl carbamates (subject to hydrolysis) is 1. The number of aliphatic hydroxyl groups is 1. The van der Waals surface area contributed by atoms with Crippen molar-refractivity contribution in [3.8, 4) is 0 Å². The zero-order valence-electron chi connectivity index (χ0n) is 25.5. The summed E-state index contributed by atoms with van der Waals surface area (Å²) in [6, 6.07) is 0. The predicted molar refractivity (Wildman–Crippen MR) is 154 cm³/mol. The lowest BCUT2D eigenvalue weighted by atomic mass is 9.43. The van der Waals surface area contributed by atoms with E-state index >= 15 is 0 Å². The van der Waals surface area contributed by atoms with Gasteiger partial charge in [-0.15, -0.1) is 0 Å². The molecule has 4 aliphatic carbocycles. The van der Waals surface area contributed by atoms with Gasteiger partial charge in [0.2, 0.25) is 0 Å². The highest BCUT2D eigenvalue weighted by Crippen LogP contribution is 2.70. The highest BCUT2D eigenvalue weighted by Gasteiger charge is 2.71. The minimum atomic E-state index is -1.00. The molecule has 42 heavy (non-hydrogen) atoms. The second kappa shape index (κ2) is 11.4. The molecule has 10 heteroatoms. The van der Waals surface area contributed by atoms with E-state index in [-0.39, 0.29) is 48.0 Å². The van der Waals surface area contributed by atoms with Crippen molar-refractivity contribution in [2.24, 2.45) is 34.5 Å². The summed E-state index contributed by atoms with van der Waals surface area (Å²) in [5, 5.41) is 19.0. The number of cyclic esters (lactones) is 1. The number of amides is 1. The van der Waals surface area contributed by atoms with E-state index in [0.29, 0.717) is 24.8 Å². The Kier molecular flexibility index (Phi) is 8.11. The normalized spacial score (nSPS) is 43.3. The van der Waals surface area contributed by atoms with Crippen LogP contribution in [-0.4, -0.2) is 91.7 Å². The molecule has 0 spiro atoms. The van der Waals surface area contributed by atoms with Crippen LogP contribution in [0.15, 0.2) is 11.6 Å². The third-order valence-electron chi connectivity index (χ3n) is 12.4. The van der Waals surface area contributed by atoms with Crippen molar-refractivity contribution in [1.29, 1.82) is 0 Å². The monoisotopic (exact) mass is 587 g/mol. The van der Waals surface area contributed by atoms with Gasteiger partial charge in [-0.2, -0.15) is 0 Å². The van der Waals surface area contributed by atoms with Gasteiger partial charge in [-0.05, 0) is 73.7 Å². The van der Waals surface area contributed by atoms with Gasteiger partial charge in [0.1, 0.15) is 18.8 Å². The van der Waals surface area contributed by atoms with Crippen LogP contribution in [0.2, 0.25) is 0 Å². The highest BCUT2D eigenvalue weighted by molar-refractivity contribution is 5.85. The van der Waals surface area contributed by atoms with Crippen LogP contribution in [0.3, 0.4) is 0 Å². The van der Waals surface area contributed by atoms with Crippen LogP contribution in [-0.2, 0) is 23.8 Å². The van der Waals surface area contributed by atoms with Gasteiger partial charge in [-0.25, -0.2) is 9.59 Å². The van der Waals surface area contributed by atoms with Crippen molar-refractivity contribution in [3.05, 3.63) is 11.6 Å². The number of piperazine rings is 1. The molecule has 234 valence electrons. The second-order valence-corrected chi connectivity index (χ2v) is 14.4. The van der Waals surface area contributed by atoms with Crippen LogP contribution >= 0.6 is 0 Å². The number of hydrogen-bond donors (Lipinski definition) is 3. The van der Waals surface area contributed by atoms with Gasteiger partial charge in [0, 0.05) is 70.0 Å². The summed E-state index contributed by atoms with van der Waals surface area (Å²) in [6.07, 6.45) is 7.41. The van der Waals surface area contributed by atoms with Gasteiger partial charge in [-0.1, -0.05) is 13.8 Å². The average molecular weight is 588 g/mol. The summed E-state index contributed by atoms with van der Waals surface area (Å²) in [7, 11) is 0. The molecule has 0 aromatic rings. The minimum absolute atomic E-state index is 0.0549. The van der Waals surface area contributed by atoms with Crippen molar-refractivity contribution < 1.29 is 33.7 Å². The third-order valence-corrected chi connectivity index (χ3v) is 12.4. The second-order valence-electron chi connectivity index (χ2n) is 14.4. The lowest BCUT2D eigenvalue weighted by Crippen LogP contribution is -2.62. The highest BCUT2D eigenvalue weighted by atomic mass is 16.6. The summed E-state index contributed by atoms with van der Waals surface area (Å²) in [6.45, 7) is 11.6. The molecule has 10 nitrogen and oxygen atoms in total. The topological polar surface area (TPSA) is 126 Å². The first-order chi connectivity index (χ1) is 20.0. The molecule has 9 atom stereocenters. The molecule has 6 aliphatic rings. The smallest absolute Gasteiger partial charge is 0.407 e. The summed E-state index contributed by atoms with van der Waals surface area (Å²) in [5.74, 6) is -0.0949. The van der Waals surface area contributed by atoms with E-state index in [1.165, 1.54) is 6.92 Å². The number of hydrogen-bond acceptors (Lipinski definition) is 9. The van der Waals surface area contributed by atoms with Crippen molar-refractivity contribution in [1.82, 2.24) is 15.5 Å². The van der Waals surface area contributed by atoms with Crippen LogP contribution < -0.4 is 10.6 Å². The lowest BCUT2D eigenvalue weighted by Gasteiger charge is -2.63. The summed E-state index contributed by atoms with van der Waals surface area (Å²) < 4.78 is 17.0. The zero-order chi connectivity index (χ0) is 29.7. The number of ether oxygens (including phenoxy) is 3. The van der Waals surface area contributed by atoms with E-state index in [4.69, 9.17) is 14.2 Å². The molecule has 0 aromatic carbocycles. The Labute approximate surface area is 249 Å². The van der Waals surface area contributed by atoms with Gasteiger partial charge in [0.05, 0.1) is 5.60 Å². The number of fused-ring (bicyclic) bond motifs is 5. The van der Waals surface area contributed by atoms with Gasteiger partial charge in [0.15, 0.2) is 0 Å². The Morgan fingerprint density at radius 3 is 2.62 bits per heavy atom. The number of carbonyl (C=O) groups is 3. The van der Waals surface area contributed by atoms with E-state index in [9.17, 15) is 19.5 Å². The average Bonchev–Trinajstić information content (AvgIpc) is 3.46. The van der Waals surface area contributed by atoms with Crippen molar-refractivity contribution >= 4 is 18.0 Å². The Hall–Kier alpha value is -2.17. The molecule has 6 rings (SSSR count). The lowest BCUT2D eigenvalue weighted by molar-refractivity contribution is -0.208. The van der Waals surface area contributed by atoms with E-state index in [0.717, 1.165) is 83.2 Å². The number of nitrogens with one attached hydrogen (secondary N) is 2. The maximum atomic E-state index is 12.7. The minimum Gasteiger partial charge on any atom is -0.462 e. The maximum Gasteiger partial charge on any atom is 0.407 e. The van der Waals surface area contributed by atoms with Crippen LogP contribution in [0.25, 0.3) is 0 Å². The van der Waals surface area contributed by atoms with Gasteiger partial charge >= 0.3 is 18.0 Å². The molecule has 0 radical (unpaired) electrons. The SMILES string of the molecule is CC(=O)OC1CC2(O)C3CCC4CC(OC(=O)NCCN5CCNCC5)CCC4(C)C3CCC2(C)C1C1=CC(=O)OC1. The summed E-state index contributed by atoms with van der Waals surface area (Å²) in [4.78, 5) is 39.1. The summed E-state index contributed by atoms with van der Waals surface area (Å²) >= 11 is 0. The summed E-state index contributed by atoms with van der Waals surface area (Å²) in [5.41, 5.74) is -0.620. The number of esters is 2. The molecule has 1 amide bonds. The van der Waals surface area contributed by atoms with Gasteiger partial charge < -0.3 is 30.0 Å². The Balaban J connectivity index is 1.12. The third kappa shape index (κ3) is 5.15. The first kappa shape index (κ1) is 29.9. The maximum absolute atomic E-state index is 12.7. The molecule has 0 aromatic heterocycles. The molecule has 9 unspecified atom stereocenters. The number of rotatable bonds is 6. The zero-order valence-corrected chi connectivity index (χ0v) is 25.5. The van der Waals surface area contributed by atoms with E-state index in [2.05, 4.69) is 29.4 Å². The van der Waals surface area contributed by atoms with Crippen LogP contribution in [0.1, 0.15) is 72.1 Å². The van der Waals surface area contributed by atoms with Crippen LogP contribution in [0, 0.1) is 34.5 Å². The quantitative estimate of drug-likeness (QED) is 0.318.